The van der Waals surface area contributed by atoms with Gasteiger partial charge in [-0.2, -0.15) is 0 Å². The monoisotopic (exact) mass is 187 g/mol. The molecular formula is C10H9N3O. The van der Waals surface area contributed by atoms with Gasteiger partial charge in [0.15, 0.2) is 0 Å². The Morgan fingerprint density at radius 3 is 2.50 bits per heavy atom. The molecule has 2 aromatic rings. The predicted molar refractivity (Wildman–Crippen MR) is 51.7 cm³/mol. The second-order valence-corrected chi connectivity index (χ2v) is 2.93. The van der Waals surface area contributed by atoms with E-state index in [2.05, 4.69) is 15.0 Å². The molecule has 0 fully saturated rings. The molecule has 2 rings (SSSR count). The van der Waals surface area contributed by atoms with E-state index in [0.29, 0.717) is 5.69 Å². The third kappa shape index (κ3) is 1.54. The first-order valence-electron chi connectivity index (χ1n) is 4.19. The largest absolute Gasteiger partial charge is 0.506 e. The van der Waals surface area contributed by atoms with Crippen LogP contribution in [-0.2, 0) is 0 Å². The van der Waals surface area contributed by atoms with E-state index in [1.165, 1.54) is 6.33 Å². The van der Waals surface area contributed by atoms with Crippen LogP contribution in [0.15, 0.2) is 30.9 Å². The molecule has 0 saturated heterocycles. The molecule has 4 nitrogen and oxygen atoms in total. The Labute approximate surface area is 81.3 Å². The molecule has 0 aliphatic rings. The maximum Gasteiger partial charge on any atom is 0.136 e. The number of rotatable bonds is 1. The normalized spacial score (nSPS) is 10.1. The molecule has 14 heavy (non-hydrogen) atoms. The summed E-state index contributed by atoms with van der Waals surface area (Å²) >= 11 is 0. The molecule has 0 unspecified atom stereocenters. The lowest BCUT2D eigenvalue weighted by atomic mass is 10.2. The average molecular weight is 187 g/mol. The fourth-order valence-corrected chi connectivity index (χ4v) is 1.15. The standard InChI is InChI=1S/C10H9N3O/c1-7-10(14)3-2-9(13-7)8-4-11-6-12-5-8/h2-6,14H,1H3. The minimum atomic E-state index is 0.200. The number of pyridine rings is 1. The third-order valence-corrected chi connectivity index (χ3v) is 1.91. The van der Waals surface area contributed by atoms with Gasteiger partial charge >= 0.3 is 0 Å². The van der Waals surface area contributed by atoms with E-state index in [4.69, 9.17) is 0 Å². The summed E-state index contributed by atoms with van der Waals surface area (Å²) in [6.45, 7) is 1.75. The summed E-state index contributed by atoms with van der Waals surface area (Å²) < 4.78 is 0. The van der Waals surface area contributed by atoms with Crippen molar-refractivity contribution in [1.82, 2.24) is 15.0 Å². The first kappa shape index (κ1) is 8.62. The van der Waals surface area contributed by atoms with Gasteiger partial charge in [-0.05, 0) is 19.1 Å². The molecule has 1 N–H and O–H groups in total. The minimum Gasteiger partial charge on any atom is -0.506 e. The van der Waals surface area contributed by atoms with Crippen molar-refractivity contribution in [2.75, 3.05) is 0 Å². The Morgan fingerprint density at radius 1 is 1.14 bits per heavy atom. The molecule has 0 radical (unpaired) electrons. The van der Waals surface area contributed by atoms with E-state index in [0.717, 1.165) is 11.3 Å². The van der Waals surface area contributed by atoms with Crippen molar-refractivity contribution in [3.8, 4) is 17.0 Å². The van der Waals surface area contributed by atoms with Crippen LogP contribution in [0, 0.1) is 6.92 Å². The lowest BCUT2D eigenvalue weighted by molar-refractivity contribution is 0.468. The van der Waals surface area contributed by atoms with Gasteiger partial charge in [-0.3, -0.25) is 0 Å². The summed E-state index contributed by atoms with van der Waals surface area (Å²) in [6, 6.07) is 3.35. The molecule has 0 bridgehead atoms. The van der Waals surface area contributed by atoms with Gasteiger partial charge in [0.25, 0.3) is 0 Å². The van der Waals surface area contributed by atoms with Crippen LogP contribution in [0.1, 0.15) is 5.69 Å². The smallest absolute Gasteiger partial charge is 0.136 e. The first-order chi connectivity index (χ1) is 6.77. The van der Waals surface area contributed by atoms with Crippen molar-refractivity contribution in [3.05, 3.63) is 36.5 Å². The Bertz CT molecular complexity index is 442. The fourth-order valence-electron chi connectivity index (χ4n) is 1.15. The number of aromatic nitrogens is 3. The quantitative estimate of drug-likeness (QED) is 0.735. The Morgan fingerprint density at radius 2 is 1.86 bits per heavy atom. The summed E-state index contributed by atoms with van der Waals surface area (Å²) in [5.74, 6) is 0.200. The molecule has 2 aromatic heterocycles. The highest BCUT2D eigenvalue weighted by Gasteiger charge is 2.02. The molecule has 0 atom stereocenters. The molecular weight excluding hydrogens is 178 g/mol. The van der Waals surface area contributed by atoms with Gasteiger partial charge in [0.2, 0.25) is 0 Å². The zero-order valence-corrected chi connectivity index (χ0v) is 7.68. The highest BCUT2D eigenvalue weighted by atomic mass is 16.3. The summed E-state index contributed by atoms with van der Waals surface area (Å²) in [5.41, 5.74) is 2.21. The minimum absolute atomic E-state index is 0.200. The molecule has 0 aliphatic carbocycles. The van der Waals surface area contributed by atoms with Gasteiger partial charge in [-0.1, -0.05) is 0 Å². The number of hydrogen-bond acceptors (Lipinski definition) is 4. The molecule has 70 valence electrons. The van der Waals surface area contributed by atoms with E-state index >= 15 is 0 Å². The predicted octanol–water partition coefficient (Wildman–Crippen LogP) is 1.55. The van der Waals surface area contributed by atoms with Crippen LogP contribution < -0.4 is 0 Å². The molecule has 0 amide bonds. The van der Waals surface area contributed by atoms with E-state index in [9.17, 15) is 5.11 Å². The van der Waals surface area contributed by atoms with Crippen LogP contribution in [0.4, 0.5) is 0 Å². The summed E-state index contributed by atoms with van der Waals surface area (Å²) in [4.78, 5) is 12.0. The van der Waals surface area contributed by atoms with E-state index in [1.807, 2.05) is 0 Å². The Hall–Kier alpha value is -1.97. The van der Waals surface area contributed by atoms with Gasteiger partial charge in [0.05, 0.1) is 11.4 Å². The number of aromatic hydroxyl groups is 1. The van der Waals surface area contributed by atoms with Gasteiger partial charge in [0, 0.05) is 18.0 Å². The van der Waals surface area contributed by atoms with Crippen molar-refractivity contribution in [2.24, 2.45) is 0 Å². The zero-order chi connectivity index (χ0) is 9.97. The Kier molecular flexibility index (Phi) is 2.10. The first-order valence-corrected chi connectivity index (χ1v) is 4.19. The van der Waals surface area contributed by atoms with Crippen molar-refractivity contribution in [3.63, 3.8) is 0 Å². The molecule has 0 spiro atoms. The van der Waals surface area contributed by atoms with E-state index < -0.39 is 0 Å². The Balaban J connectivity index is 2.48. The molecule has 0 aromatic carbocycles. The molecule has 2 heterocycles. The number of hydrogen-bond donors (Lipinski definition) is 1. The SMILES string of the molecule is Cc1nc(-c2cncnc2)ccc1O. The van der Waals surface area contributed by atoms with Crippen LogP contribution in [0.2, 0.25) is 0 Å². The van der Waals surface area contributed by atoms with Gasteiger partial charge in [-0.15, -0.1) is 0 Å². The van der Waals surface area contributed by atoms with Crippen LogP contribution in [0.5, 0.6) is 5.75 Å². The number of nitrogens with zero attached hydrogens (tertiary/aromatic N) is 3. The average Bonchev–Trinajstić information content (AvgIpc) is 2.23. The number of aryl methyl sites for hydroxylation is 1. The second kappa shape index (κ2) is 3.41. The topological polar surface area (TPSA) is 58.9 Å². The van der Waals surface area contributed by atoms with Crippen LogP contribution in [0.3, 0.4) is 0 Å². The highest BCUT2D eigenvalue weighted by molar-refractivity contribution is 5.57. The van der Waals surface area contributed by atoms with Crippen LogP contribution in [-0.4, -0.2) is 20.1 Å². The van der Waals surface area contributed by atoms with Crippen molar-refractivity contribution >= 4 is 0 Å². The highest BCUT2D eigenvalue weighted by Crippen LogP contribution is 2.19. The fraction of sp³-hybridized carbons (Fsp3) is 0.100. The van der Waals surface area contributed by atoms with Gasteiger partial charge in [0.1, 0.15) is 12.1 Å². The lowest BCUT2D eigenvalue weighted by Crippen LogP contribution is -1.88. The summed E-state index contributed by atoms with van der Waals surface area (Å²) in [6.07, 6.45) is 4.84. The molecule has 0 aliphatic heterocycles. The van der Waals surface area contributed by atoms with E-state index in [1.54, 1.807) is 31.5 Å². The van der Waals surface area contributed by atoms with Crippen molar-refractivity contribution in [1.29, 1.82) is 0 Å². The van der Waals surface area contributed by atoms with E-state index in [-0.39, 0.29) is 5.75 Å². The van der Waals surface area contributed by atoms with Crippen LogP contribution >= 0.6 is 0 Å². The van der Waals surface area contributed by atoms with Gasteiger partial charge < -0.3 is 5.11 Å². The third-order valence-electron chi connectivity index (χ3n) is 1.91. The van der Waals surface area contributed by atoms with Crippen LogP contribution in [0.25, 0.3) is 11.3 Å². The lowest BCUT2D eigenvalue weighted by Gasteiger charge is -2.01. The second-order valence-electron chi connectivity index (χ2n) is 2.93. The maximum absolute atomic E-state index is 9.30. The van der Waals surface area contributed by atoms with Crippen molar-refractivity contribution < 1.29 is 5.11 Å². The summed E-state index contributed by atoms with van der Waals surface area (Å²) in [7, 11) is 0. The maximum atomic E-state index is 9.30. The molecule has 0 saturated carbocycles. The van der Waals surface area contributed by atoms with Gasteiger partial charge in [-0.25, -0.2) is 15.0 Å². The zero-order valence-electron chi connectivity index (χ0n) is 7.68. The molecule has 4 heteroatoms. The summed E-state index contributed by atoms with van der Waals surface area (Å²) in [5, 5.41) is 9.30. The van der Waals surface area contributed by atoms with Crippen molar-refractivity contribution in [2.45, 2.75) is 6.92 Å².